The van der Waals surface area contributed by atoms with Crippen LogP contribution in [0.5, 0.6) is 0 Å². The normalized spacial score (nSPS) is 13.1. The van der Waals surface area contributed by atoms with E-state index in [-0.39, 0.29) is 0 Å². The molecule has 0 saturated carbocycles. The molecule has 0 aromatic heterocycles. The van der Waals surface area contributed by atoms with Gasteiger partial charge in [0.15, 0.2) is 0 Å². The number of hydrogen-bond acceptors (Lipinski definition) is 1. The van der Waals surface area contributed by atoms with Crippen LogP contribution >= 0.6 is 0 Å². The lowest BCUT2D eigenvalue weighted by Gasteiger charge is -2.09. The first kappa shape index (κ1) is 16.4. The van der Waals surface area contributed by atoms with E-state index >= 15 is 0 Å². The summed E-state index contributed by atoms with van der Waals surface area (Å²) in [6, 6.07) is 30.1. The van der Waals surface area contributed by atoms with Gasteiger partial charge in [-0.1, -0.05) is 84.4 Å². The van der Waals surface area contributed by atoms with E-state index in [4.69, 9.17) is 4.42 Å². The van der Waals surface area contributed by atoms with Gasteiger partial charge in [-0.2, -0.15) is 0 Å². The van der Waals surface area contributed by atoms with Crippen molar-refractivity contribution in [3.8, 4) is 22.6 Å². The first-order chi connectivity index (χ1) is 14.3. The zero-order chi connectivity index (χ0) is 19.4. The summed E-state index contributed by atoms with van der Waals surface area (Å²) in [6.45, 7) is 2.11. The van der Waals surface area contributed by atoms with Crippen molar-refractivity contribution in [3.05, 3.63) is 107 Å². The molecule has 0 atom stereocenters. The minimum Gasteiger partial charge on any atom is -0.455 e. The molecule has 0 spiro atoms. The summed E-state index contributed by atoms with van der Waals surface area (Å²) >= 11 is 0. The monoisotopic (exact) mass is 372 g/mol. The summed E-state index contributed by atoms with van der Waals surface area (Å²) in [5.41, 5.74) is 8.82. The highest BCUT2D eigenvalue weighted by Gasteiger charge is 2.25. The van der Waals surface area contributed by atoms with Crippen molar-refractivity contribution >= 4 is 22.4 Å². The quantitative estimate of drug-likeness (QED) is 0.311. The minimum absolute atomic E-state index is 0.908. The van der Waals surface area contributed by atoms with Gasteiger partial charge in [0.2, 0.25) is 0 Å². The summed E-state index contributed by atoms with van der Waals surface area (Å²) in [5.74, 6) is 1.90. The molecule has 0 radical (unpaired) electrons. The minimum atomic E-state index is 0.908. The lowest BCUT2D eigenvalue weighted by molar-refractivity contribution is 0.582. The standard InChI is InChI=1S/C28H20O/c1-18-10-12-19(13-11-18)26-15-14-25-23-8-4-5-9-24(23)27(28(25)29-26)22-16-20-6-2-3-7-21(20)17-22/h2-16H,17H2,1H3. The second-order valence-corrected chi connectivity index (χ2v) is 7.87. The van der Waals surface area contributed by atoms with E-state index in [9.17, 15) is 0 Å². The summed E-state index contributed by atoms with van der Waals surface area (Å²) in [7, 11) is 0. The Morgan fingerprint density at radius 1 is 0.724 bits per heavy atom. The van der Waals surface area contributed by atoms with Crippen molar-refractivity contribution in [3.63, 3.8) is 0 Å². The molecule has 0 N–H and O–H groups in total. The molecule has 0 bridgehead atoms. The van der Waals surface area contributed by atoms with E-state index in [1.165, 1.54) is 44.2 Å². The SMILES string of the molecule is Cc1ccc(-c2ccc3c4ccccc4c(C4=Cc5ccccc5C4)c-3o2)cc1. The summed E-state index contributed by atoms with van der Waals surface area (Å²) < 4.78 is 6.57. The van der Waals surface area contributed by atoms with Crippen LogP contribution < -0.4 is 0 Å². The largest absolute Gasteiger partial charge is 0.455 e. The third-order valence-corrected chi connectivity index (χ3v) is 5.99. The van der Waals surface area contributed by atoms with E-state index in [0.717, 1.165) is 23.5 Å². The smallest absolute Gasteiger partial charge is 0.143 e. The van der Waals surface area contributed by atoms with Gasteiger partial charge in [-0.3, -0.25) is 0 Å². The van der Waals surface area contributed by atoms with Gasteiger partial charge in [-0.15, -0.1) is 0 Å². The van der Waals surface area contributed by atoms with Crippen molar-refractivity contribution < 1.29 is 4.42 Å². The highest BCUT2D eigenvalue weighted by atomic mass is 16.3. The number of rotatable bonds is 2. The fraction of sp³-hybridized carbons (Fsp3) is 0.0714. The van der Waals surface area contributed by atoms with Crippen molar-refractivity contribution in [1.29, 1.82) is 0 Å². The highest BCUT2D eigenvalue weighted by molar-refractivity contribution is 6.12. The van der Waals surface area contributed by atoms with Crippen LogP contribution in [-0.2, 0) is 6.42 Å². The topological polar surface area (TPSA) is 13.1 Å². The van der Waals surface area contributed by atoms with Gasteiger partial charge in [0, 0.05) is 16.7 Å². The number of allylic oxidation sites excluding steroid dienone is 1. The molecule has 1 nitrogen and oxygen atoms in total. The average molecular weight is 372 g/mol. The fourth-order valence-corrected chi connectivity index (χ4v) is 4.52. The third-order valence-electron chi connectivity index (χ3n) is 5.99. The molecular formula is C28H20O. The Kier molecular flexibility index (Phi) is 3.51. The Hall–Kier alpha value is -3.58. The van der Waals surface area contributed by atoms with Crippen LogP contribution in [0.4, 0.5) is 0 Å². The summed E-state index contributed by atoms with van der Waals surface area (Å²) in [6.07, 6.45) is 3.27. The van der Waals surface area contributed by atoms with Crippen molar-refractivity contribution in [2.45, 2.75) is 13.3 Å². The molecule has 0 amide bonds. The molecule has 3 aromatic rings. The molecule has 1 aliphatic heterocycles. The summed E-state index contributed by atoms with van der Waals surface area (Å²) in [5, 5.41) is 2.53. The van der Waals surface area contributed by atoms with Crippen LogP contribution in [0.15, 0.2) is 89.3 Å². The van der Waals surface area contributed by atoms with Crippen molar-refractivity contribution in [2.24, 2.45) is 0 Å². The lowest BCUT2D eigenvalue weighted by Crippen LogP contribution is -1.88. The number of benzene rings is 3. The van der Waals surface area contributed by atoms with Gasteiger partial charge in [0.05, 0.1) is 0 Å². The van der Waals surface area contributed by atoms with E-state index in [0.29, 0.717) is 0 Å². The zero-order valence-corrected chi connectivity index (χ0v) is 16.3. The van der Waals surface area contributed by atoms with E-state index in [1.54, 1.807) is 0 Å². The van der Waals surface area contributed by atoms with E-state index in [1.807, 2.05) is 0 Å². The van der Waals surface area contributed by atoms with Gasteiger partial charge in [-0.05, 0) is 52.9 Å². The van der Waals surface area contributed by atoms with Crippen molar-refractivity contribution in [2.75, 3.05) is 0 Å². The van der Waals surface area contributed by atoms with Gasteiger partial charge < -0.3 is 4.42 Å². The maximum absolute atomic E-state index is 6.57. The Morgan fingerprint density at radius 2 is 1.48 bits per heavy atom. The first-order valence-corrected chi connectivity index (χ1v) is 10.1. The number of aryl methyl sites for hydroxylation is 1. The molecular weight excluding hydrogens is 352 g/mol. The molecule has 1 heteroatoms. The van der Waals surface area contributed by atoms with Gasteiger partial charge >= 0.3 is 0 Å². The van der Waals surface area contributed by atoms with E-state index < -0.39 is 0 Å². The molecule has 2 aliphatic carbocycles. The third kappa shape index (κ3) is 2.55. The van der Waals surface area contributed by atoms with Crippen LogP contribution in [0, 0.1) is 6.92 Å². The van der Waals surface area contributed by atoms with Crippen LogP contribution in [0.1, 0.15) is 22.3 Å². The molecule has 0 unspecified atom stereocenters. The number of fused-ring (bicyclic) bond motifs is 4. The van der Waals surface area contributed by atoms with Gasteiger partial charge in [0.1, 0.15) is 11.5 Å². The van der Waals surface area contributed by atoms with Crippen LogP contribution in [-0.4, -0.2) is 0 Å². The molecule has 0 fully saturated rings. The number of hydrogen-bond donors (Lipinski definition) is 0. The maximum atomic E-state index is 6.57. The maximum Gasteiger partial charge on any atom is 0.143 e. The fourth-order valence-electron chi connectivity index (χ4n) is 4.52. The molecule has 0 saturated heterocycles. The molecule has 29 heavy (non-hydrogen) atoms. The summed E-state index contributed by atoms with van der Waals surface area (Å²) in [4.78, 5) is 0. The van der Waals surface area contributed by atoms with Crippen LogP contribution in [0.3, 0.4) is 0 Å². The van der Waals surface area contributed by atoms with Crippen LogP contribution in [0.25, 0.3) is 45.1 Å². The second-order valence-electron chi connectivity index (χ2n) is 7.87. The van der Waals surface area contributed by atoms with Gasteiger partial charge in [0.25, 0.3) is 0 Å². The first-order valence-electron chi connectivity index (χ1n) is 10.1. The molecule has 3 aromatic carbocycles. The predicted octanol–water partition coefficient (Wildman–Crippen LogP) is 7.61. The molecule has 6 rings (SSSR count). The lowest BCUT2D eigenvalue weighted by atomic mass is 10.0. The zero-order valence-electron chi connectivity index (χ0n) is 16.3. The molecule has 138 valence electrons. The van der Waals surface area contributed by atoms with Crippen LogP contribution in [0.2, 0.25) is 0 Å². The van der Waals surface area contributed by atoms with E-state index in [2.05, 4.69) is 97.9 Å². The molecule has 1 heterocycles. The Bertz CT molecular complexity index is 1370. The average Bonchev–Trinajstić information content (AvgIpc) is 3.32. The Labute approximate surface area is 170 Å². The highest BCUT2D eigenvalue weighted by Crippen LogP contribution is 2.46. The predicted molar refractivity (Wildman–Crippen MR) is 121 cm³/mol. The van der Waals surface area contributed by atoms with Crippen molar-refractivity contribution in [1.82, 2.24) is 0 Å². The second kappa shape index (κ2) is 6.22. The Morgan fingerprint density at radius 3 is 2.31 bits per heavy atom. The van der Waals surface area contributed by atoms with Gasteiger partial charge in [-0.25, -0.2) is 0 Å². The Balaban J connectivity index is 1.60. The molecule has 3 aliphatic rings.